The van der Waals surface area contributed by atoms with Crippen LogP contribution in [0, 0.1) is 5.92 Å². The van der Waals surface area contributed by atoms with Crippen molar-refractivity contribution in [3.8, 4) is 0 Å². The van der Waals surface area contributed by atoms with Crippen LogP contribution in [0.15, 0.2) is 11.6 Å². The lowest BCUT2D eigenvalue weighted by atomic mass is 9.94. The van der Waals surface area contributed by atoms with Crippen LogP contribution in [0.25, 0.3) is 0 Å². The molecule has 0 aliphatic carbocycles. The van der Waals surface area contributed by atoms with E-state index in [2.05, 4.69) is 19.9 Å². The van der Waals surface area contributed by atoms with Gasteiger partial charge in [0.2, 0.25) is 0 Å². The summed E-state index contributed by atoms with van der Waals surface area (Å²) >= 11 is 0. The zero-order valence-electron chi connectivity index (χ0n) is 11.8. The van der Waals surface area contributed by atoms with E-state index in [0.717, 1.165) is 12.8 Å². The predicted octanol–water partition coefficient (Wildman–Crippen LogP) is 1.24. The second-order valence-corrected chi connectivity index (χ2v) is 7.14. The van der Waals surface area contributed by atoms with E-state index < -0.39 is 10.2 Å². The van der Waals surface area contributed by atoms with Crippen molar-refractivity contribution in [3.63, 3.8) is 0 Å². The summed E-state index contributed by atoms with van der Waals surface area (Å²) in [6, 6.07) is 0. The topological polar surface area (TPSA) is 49.9 Å². The Morgan fingerprint density at radius 3 is 2.47 bits per heavy atom. The van der Waals surface area contributed by atoms with Crippen LogP contribution in [0.3, 0.4) is 0 Å². The van der Waals surface area contributed by atoms with Gasteiger partial charge in [-0.3, -0.25) is 0 Å². The van der Waals surface area contributed by atoms with E-state index in [0.29, 0.717) is 45.3 Å². The molecule has 1 saturated heterocycles. The maximum absolute atomic E-state index is 12.5. The maximum Gasteiger partial charge on any atom is 0.282 e. The third-order valence-electron chi connectivity index (χ3n) is 4.07. The summed E-state index contributed by atoms with van der Waals surface area (Å²) < 4.78 is 33.2. The molecule has 1 atom stereocenters. The molecule has 0 aromatic rings. The van der Waals surface area contributed by atoms with Gasteiger partial charge < -0.3 is 4.74 Å². The minimum absolute atomic E-state index is 0.473. The van der Waals surface area contributed by atoms with E-state index in [-0.39, 0.29) is 0 Å². The highest BCUT2D eigenvalue weighted by Gasteiger charge is 2.31. The van der Waals surface area contributed by atoms with Crippen LogP contribution in [0.5, 0.6) is 0 Å². The molecule has 0 radical (unpaired) electrons. The summed E-state index contributed by atoms with van der Waals surface area (Å²) in [6.07, 6.45) is 4.07. The van der Waals surface area contributed by atoms with Crippen molar-refractivity contribution in [2.24, 2.45) is 5.92 Å². The van der Waals surface area contributed by atoms with Crippen molar-refractivity contribution in [2.75, 3.05) is 39.4 Å². The normalized spacial score (nSPS) is 25.1. The second-order valence-electron chi connectivity index (χ2n) is 5.22. The van der Waals surface area contributed by atoms with Crippen LogP contribution in [0.2, 0.25) is 0 Å². The third kappa shape index (κ3) is 3.37. The van der Waals surface area contributed by atoms with Crippen LogP contribution in [0.4, 0.5) is 0 Å². The molecule has 0 bridgehead atoms. The first-order valence-corrected chi connectivity index (χ1v) is 8.47. The Morgan fingerprint density at radius 1 is 1.26 bits per heavy atom. The van der Waals surface area contributed by atoms with Gasteiger partial charge in [0.25, 0.3) is 10.2 Å². The SMILES string of the molecule is CCC(C)C1=CCN(S(=O)(=O)N2CCOCC2)CC1. The van der Waals surface area contributed by atoms with Gasteiger partial charge in [-0.05, 0) is 18.8 Å². The van der Waals surface area contributed by atoms with Gasteiger partial charge in [-0.15, -0.1) is 0 Å². The monoisotopic (exact) mass is 288 g/mol. The Balaban J connectivity index is 2.01. The zero-order chi connectivity index (χ0) is 13.9. The van der Waals surface area contributed by atoms with E-state index in [1.807, 2.05) is 0 Å². The zero-order valence-corrected chi connectivity index (χ0v) is 12.7. The van der Waals surface area contributed by atoms with Crippen LogP contribution >= 0.6 is 0 Å². The molecule has 6 heteroatoms. The first kappa shape index (κ1) is 15.0. The van der Waals surface area contributed by atoms with Gasteiger partial charge in [0.1, 0.15) is 0 Å². The molecule has 19 heavy (non-hydrogen) atoms. The molecule has 0 spiro atoms. The average Bonchev–Trinajstić information content (AvgIpc) is 2.47. The molecule has 0 amide bonds. The van der Waals surface area contributed by atoms with Crippen LogP contribution < -0.4 is 0 Å². The average molecular weight is 288 g/mol. The highest BCUT2D eigenvalue weighted by atomic mass is 32.2. The van der Waals surface area contributed by atoms with Crippen molar-refractivity contribution < 1.29 is 13.2 Å². The van der Waals surface area contributed by atoms with Gasteiger partial charge in [-0.1, -0.05) is 25.5 Å². The van der Waals surface area contributed by atoms with E-state index in [9.17, 15) is 8.42 Å². The van der Waals surface area contributed by atoms with Crippen molar-refractivity contribution >= 4 is 10.2 Å². The number of rotatable bonds is 4. The second kappa shape index (κ2) is 6.35. The van der Waals surface area contributed by atoms with Crippen LogP contribution in [-0.2, 0) is 14.9 Å². The van der Waals surface area contributed by atoms with Crippen molar-refractivity contribution in [2.45, 2.75) is 26.7 Å². The summed E-state index contributed by atoms with van der Waals surface area (Å²) in [7, 11) is -3.30. The van der Waals surface area contributed by atoms with Crippen molar-refractivity contribution in [1.82, 2.24) is 8.61 Å². The molecule has 5 nitrogen and oxygen atoms in total. The van der Waals surface area contributed by atoms with Gasteiger partial charge in [-0.2, -0.15) is 17.0 Å². The molecule has 110 valence electrons. The molecule has 1 unspecified atom stereocenters. The summed E-state index contributed by atoms with van der Waals surface area (Å²) in [5.41, 5.74) is 1.40. The van der Waals surface area contributed by atoms with E-state index in [4.69, 9.17) is 4.74 Å². The molecule has 0 N–H and O–H groups in total. The third-order valence-corrected chi connectivity index (χ3v) is 6.08. The molecule has 2 aliphatic rings. The van der Waals surface area contributed by atoms with E-state index in [1.54, 1.807) is 8.61 Å². The molecule has 0 aromatic heterocycles. The molecule has 1 fully saturated rings. The molecule has 0 saturated carbocycles. The highest BCUT2D eigenvalue weighted by molar-refractivity contribution is 7.86. The number of nitrogens with zero attached hydrogens (tertiary/aromatic N) is 2. The largest absolute Gasteiger partial charge is 0.379 e. The Kier molecular flexibility index (Phi) is 5.00. The Bertz CT molecular complexity index is 427. The number of ether oxygens (including phenoxy) is 1. The standard InChI is InChI=1S/C13H24N2O3S/c1-3-12(2)13-4-6-14(7-5-13)19(16,17)15-8-10-18-11-9-15/h4,12H,3,5-11H2,1-2H3. The van der Waals surface area contributed by atoms with Gasteiger partial charge in [0, 0.05) is 26.2 Å². The number of morpholine rings is 1. The highest BCUT2D eigenvalue weighted by Crippen LogP contribution is 2.24. The molecular weight excluding hydrogens is 264 g/mol. The van der Waals surface area contributed by atoms with Gasteiger partial charge >= 0.3 is 0 Å². The predicted molar refractivity (Wildman–Crippen MR) is 75.0 cm³/mol. The minimum Gasteiger partial charge on any atom is -0.379 e. The Hall–Kier alpha value is -0.430. The summed E-state index contributed by atoms with van der Waals surface area (Å²) in [5, 5.41) is 0. The van der Waals surface area contributed by atoms with Crippen molar-refractivity contribution in [1.29, 1.82) is 0 Å². The maximum atomic E-state index is 12.5. The van der Waals surface area contributed by atoms with Crippen molar-refractivity contribution in [3.05, 3.63) is 11.6 Å². The fraction of sp³-hybridized carbons (Fsp3) is 0.846. The lowest BCUT2D eigenvalue weighted by molar-refractivity contribution is 0.0703. The summed E-state index contributed by atoms with van der Waals surface area (Å²) in [4.78, 5) is 0. The lowest BCUT2D eigenvalue weighted by Gasteiger charge is -2.34. The smallest absolute Gasteiger partial charge is 0.282 e. The first-order valence-electron chi connectivity index (χ1n) is 7.07. The fourth-order valence-corrected chi connectivity index (χ4v) is 4.05. The van der Waals surface area contributed by atoms with E-state index in [1.165, 1.54) is 5.57 Å². The Morgan fingerprint density at radius 2 is 1.95 bits per heavy atom. The Labute approximate surface area is 116 Å². The van der Waals surface area contributed by atoms with Crippen LogP contribution in [-0.4, -0.2) is 56.4 Å². The summed E-state index contributed by atoms with van der Waals surface area (Å²) in [5.74, 6) is 0.563. The quantitative estimate of drug-likeness (QED) is 0.731. The van der Waals surface area contributed by atoms with Gasteiger partial charge in [0.05, 0.1) is 13.2 Å². The number of hydrogen-bond donors (Lipinski definition) is 0. The molecule has 2 aliphatic heterocycles. The van der Waals surface area contributed by atoms with E-state index >= 15 is 0 Å². The lowest BCUT2D eigenvalue weighted by Crippen LogP contribution is -2.49. The number of hydrogen-bond acceptors (Lipinski definition) is 3. The molecule has 0 aromatic carbocycles. The molecule has 2 rings (SSSR count). The molecule has 2 heterocycles. The minimum atomic E-state index is -3.30. The molecular formula is C13H24N2O3S. The van der Waals surface area contributed by atoms with Gasteiger partial charge in [-0.25, -0.2) is 0 Å². The summed E-state index contributed by atoms with van der Waals surface area (Å²) in [6.45, 7) is 7.44. The fourth-order valence-electron chi connectivity index (χ4n) is 2.53. The van der Waals surface area contributed by atoms with Gasteiger partial charge in [0.15, 0.2) is 0 Å². The van der Waals surface area contributed by atoms with Crippen LogP contribution in [0.1, 0.15) is 26.7 Å². The first-order chi connectivity index (χ1) is 9.05.